The van der Waals surface area contributed by atoms with Crippen molar-refractivity contribution in [1.29, 1.82) is 0 Å². The number of aliphatic imine (C=N–C) groups is 2. The molecule has 2 aliphatic carbocycles. The van der Waals surface area contributed by atoms with Gasteiger partial charge in [0, 0.05) is 6.61 Å². The Bertz CT molecular complexity index is 695. The van der Waals surface area contributed by atoms with Gasteiger partial charge in [-0.25, -0.2) is 0 Å². The van der Waals surface area contributed by atoms with E-state index >= 15 is 0 Å². The van der Waals surface area contributed by atoms with Crippen LogP contribution in [0.3, 0.4) is 0 Å². The van der Waals surface area contributed by atoms with E-state index < -0.39 is 8.32 Å². The molecule has 36 heavy (non-hydrogen) atoms. The summed E-state index contributed by atoms with van der Waals surface area (Å²) >= 11 is 6.00. The monoisotopic (exact) mass is 692 g/mol. The summed E-state index contributed by atoms with van der Waals surface area (Å²) in [7, 11) is -0.220. The minimum absolute atomic E-state index is 0.312. The van der Waals surface area contributed by atoms with Crippen molar-refractivity contribution in [3.63, 3.8) is 0 Å². The SMILES string of the molecule is CC(=NC1CCCCC1C(C)(C)C)C(CCCO[Si](C)(C)C)=NC1CCCCC1C(C)(C)C.[Br][Ni][Br]. The van der Waals surface area contributed by atoms with Gasteiger partial charge in [0.2, 0.25) is 0 Å². The molecule has 4 unspecified atom stereocenters. The zero-order valence-corrected chi connectivity index (χ0v) is 30.1. The standard InChI is InChI=1S/C29H56N2OSi.2BrH.Ni/c1-22(30-26-18-13-11-16-23(26)28(2,3)4)25(20-15-21-32-33(8,9)10)31-27-19-14-12-17-24(27)29(5,6)7;;;/h23-24,26-27H,11-21H2,1-10H3;2*1H;/q;;;+2/p-2. The third-order valence-electron chi connectivity index (χ3n) is 7.88. The summed E-state index contributed by atoms with van der Waals surface area (Å²) in [5.74, 6) is 1.35. The van der Waals surface area contributed by atoms with Crippen molar-refractivity contribution in [1.82, 2.24) is 0 Å². The Kier molecular flexibility index (Phi) is 15.8. The molecule has 7 heteroatoms. The normalized spacial score (nSPS) is 27.0. The van der Waals surface area contributed by atoms with Gasteiger partial charge < -0.3 is 4.43 Å². The molecule has 0 bridgehead atoms. The van der Waals surface area contributed by atoms with Crippen LogP contribution in [-0.2, 0) is 15.3 Å². The molecule has 0 aromatic carbocycles. The minimum atomic E-state index is -1.47. The maximum atomic E-state index is 6.18. The van der Waals surface area contributed by atoms with Crippen LogP contribution in [0.25, 0.3) is 0 Å². The molecule has 216 valence electrons. The van der Waals surface area contributed by atoms with E-state index in [-0.39, 0.29) is 0 Å². The van der Waals surface area contributed by atoms with E-state index in [0.29, 0.717) is 34.7 Å². The van der Waals surface area contributed by atoms with Gasteiger partial charge >= 0.3 is 39.3 Å². The number of nitrogens with zero attached hydrogens (tertiary/aromatic N) is 2. The first-order valence-corrected chi connectivity index (χ1v) is 22.5. The molecule has 0 spiro atoms. The summed E-state index contributed by atoms with van der Waals surface area (Å²) in [6.07, 6.45) is 12.5. The first kappa shape index (κ1) is 35.0. The molecule has 0 N–H and O–H groups in total. The molecule has 0 radical (unpaired) electrons. The number of halogens is 2. The molecule has 2 rings (SSSR count). The third-order valence-corrected chi connectivity index (χ3v) is 8.95. The number of hydrogen-bond acceptors (Lipinski definition) is 3. The van der Waals surface area contributed by atoms with E-state index in [2.05, 4.69) is 96.6 Å². The Labute approximate surface area is 245 Å². The van der Waals surface area contributed by atoms with Crippen LogP contribution in [0.1, 0.15) is 113 Å². The summed E-state index contributed by atoms with van der Waals surface area (Å²) < 4.78 is 6.18. The number of rotatable bonds is 8. The van der Waals surface area contributed by atoms with Gasteiger partial charge in [0.25, 0.3) is 0 Å². The summed E-state index contributed by atoms with van der Waals surface area (Å²) in [4.78, 5) is 10.9. The van der Waals surface area contributed by atoms with Crippen molar-refractivity contribution in [3.8, 4) is 0 Å². The third kappa shape index (κ3) is 13.4. The van der Waals surface area contributed by atoms with Gasteiger partial charge in [-0.1, -0.05) is 67.2 Å². The molecule has 3 nitrogen and oxygen atoms in total. The van der Waals surface area contributed by atoms with Crippen LogP contribution in [0.15, 0.2) is 9.98 Å². The molecule has 0 aliphatic heterocycles. The van der Waals surface area contributed by atoms with Crippen LogP contribution in [-0.4, -0.2) is 38.4 Å². The van der Waals surface area contributed by atoms with Crippen LogP contribution in [0.5, 0.6) is 0 Å². The van der Waals surface area contributed by atoms with E-state index in [9.17, 15) is 0 Å². The first-order valence-electron chi connectivity index (χ1n) is 14.2. The predicted octanol–water partition coefficient (Wildman–Crippen LogP) is 10.4. The molecule has 2 fully saturated rings. The molecule has 0 aromatic rings. The molecule has 4 atom stereocenters. The first-order chi connectivity index (χ1) is 16.6. The van der Waals surface area contributed by atoms with E-state index in [4.69, 9.17) is 14.4 Å². The average Bonchev–Trinajstić information content (AvgIpc) is 2.75. The summed E-state index contributed by atoms with van der Waals surface area (Å²) in [6, 6.07) is 0.897. The molecule has 0 amide bonds. The predicted molar refractivity (Wildman–Crippen MR) is 167 cm³/mol. The van der Waals surface area contributed by atoms with Gasteiger partial charge in [-0.3, -0.25) is 9.98 Å². The summed E-state index contributed by atoms with van der Waals surface area (Å²) in [5.41, 5.74) is 3.11. The Balaban J connectivity index is 0.00000205. The molecule has 0 saturated heterocycles. The van der Waals surface area contributed by atoms with Gasteiger partial charge in [-0.2, -0.15) is 0 Å². The summed E-state index contributed by atoms with van der Waals surface area (Å²) in [5, 5.41) is 0. The second kappa shape index (κ2) is 16.3. The van der Waals surface area contributed by atoms with Crippen molar-refractivity contribution in [2.45, 2.75) is 144 Å². The quantitative estimate of drug-likeness (QED) is 0.141. The van der Waals surface area contributed by atoms with Crippen molar-refractivity contribution in [2.24, 2.45) is 32.7 Å². The van der Waals surface area contributed by atoms with E-state index in [1.807, 2.05) is 0 Å². The van der Waals surface area contributed by atoms with Crippen LogP contribution >= 0.6 is 28.5 Å². The van der Waals surface area contributed by atoms with Crippen LogP contribution < -0.4 is 0 Å². The molecular weight excluding hydrogens is 639 g/mol. The second-order valence-electron chi connectivity index (χ2n) is 14.0. The van der Waals surface area contributed by atoms with Gasteiger partial charge in [0.05, 0.1) is 23.5 Å². The van der Waals surface area contributed by atoms with Gasteiger partial charge in [-0.05, 0) is 87.8 Å². The zero-order chi connectivity index (χ0) is 27.6. The fourth-order valence-corrected chi connectivity index (χ4v) is 6.79. The Hall–Kier alpha value is 0.970. The molecule has 2 saturated carbocycles. The van der Waals surface area contributed by atoms with Crippen molar-refractivity contribution >= 4 is 48.2 Å². The fraction of sp³-hybridized carbons (Fsp3) is 0.931. The van der Waals surface area contributed by atoms with Crippen LogP contribution in [0.2, 0.25) is 19.6 Å². The maximum absolute atomic E-state index is 6.18. The fourth-order valence-electron chi connectivity index (χ4n) is 6.03. The molecule has 0 heterocycles. The van der Waals surface area contributed by atoms with Crippen LogP contribution in [0, 0.1) is 22.7 Å². The van der Waals surface area contributed by atoms with Crippen molar-refractivity contribution in [2.75, 3.05) is 6.61 Å². The van der Waals surface area contributed by atoms with E-state index in [1.54, 1.807) is 0 Å². The molecule has 2 aliphatic rings. The van der Waals surface area contributed by atoms with E-state index in [0.717, 1.165) is 19.4 Å². The van der Waals surface area contributed by atoms with Gasteiger partial charge in [0.15, 0.2) is 8.32 Å². The van der Waals surface area contributed by atoms with Crippen molar-refractivity contribution in [3.05, 3.63) is 0 Å². The molecule has 0 aromatic heterocycles. The topological polar surface area (TPSA) is 34.0 Å². The Morgan fingerprint density at radius 2 is 1.22 bits per heavy atom. The Morgan fingerprint density at radius 3 is 1.64 bits per heavy atom. The second-order valence-corrected chi connectivity index (χ2v) is 23.5. The van der Waals surface area contributed by atoms with Gasteiger partial charge in [-0.15, -0.1) is 0 Å². The average molecular weight is 695 g/mol. The number of hydrogen-bond donors (Lipinski definition) is 0. The van der Waals surface area contributed by atoms with Crippen LogP contribution in [0.4, 0.5) is 0 Å². The van der Waals surface area contributed by atoms with E-state index in [1.165, 1.54) is 73.7 Å². The summed E-state index contributed by atoms with van der Waals surface area (Å²) in [6.45, 7) is 24.4. The zero-order valence-electron chi connectivity index (χ0n) is 25.0. The van der Waals surface area contributed by atoms with Crippen molar-refractivity contribution < 1.29 is 15.3 Å². The van der Waals surface area contributed by atoms with Gasteiger partial charge in [0.1, 0.15) is 0 Å². The molecular formula is C29H56Br2N2NiOSi. The Morgan fingerprint density at radius 1 is 0.806 bits per heavy atom.